The van der Waals surface area contributed by atoms with E-state index in [0.29, 0.717) is 0 Å². The number of unbranched alkanes of at least 4 members (excludes halogenated alkanes) is 2. The summed E-state index contributed by atoms with van der Waals surface area (Å²) < 4.78 is 6.15. The molecule has 0 bridgehead atoms. The van der Waals surface area contributed by atoms with E-state index in [4.69, 9.17) is 4.74 Å². The van der Waals surface area contributed by atoms with Gasteiger partial charge in [0.15, 0.2) is 0 Å². The Labute approximate surface area is 122 Å². The van der Waals surface area contributed by atoms with E-state index in [9.17, 15) is 0 Å². The van der Waals surface area contributed by atoms with Crippen LogP contribution in [-0.4, -0.2) is 0 Å². The molecule has 2 aromatic carbocycles. The summed E-state index contributed by atoms with van der Waals surface area (Å²) in [6.07, 6.45) is 4.84. The zero-order valence-corrected chi connectivity index (χ0v) is 12.8. The molecule has 2 rings (SSSR count). The van der Waals surface area contributed by atoms with Crippen LogP contribution in [0.2, 0.25) is 0 Å². The monoisotopic (exact) mass is 268 g/mol. The molecule has 0 aromatic heterocycles. The first kappa shape index (κ1) is 14.6. The van der Waals surface area contributed by atoms with Crippen LogP contribution >= 0.6 is 0 Å². The van der Waals surface area contributed by atoms with Gasteiger partial charge in [0.25, 0.3) is 0 Å². The summed E-state index contributed by atoms with van der Waals surface area (Å²) in [5, 5.41) is 0. The van der Waals surface area contributed by atoms with Crippen LogP contribution in [0.5, 0.6) is 11.5 Å². The Balaban J connectivity index is 2.18. The predicted molar refractivity (Wildman–Crippen MR) is 85.7 cm³/mol. The van der Waals surface area contributed by atoms with Crippen LogP contribution in [0, 0.1) is 13.8 Å². The molecule has 0 unspecified atom stereocenters. The first-order valence-electron chi connectivity index (χ1n) is 7.54. The van der Waals surface area contributed by atoms with E-state index in [-0.39, 0.29) is 0 Å². The van der Waals surface area contributed by atoms with Crippen molar-refractivity contribution in [1.82, 2.24) is 0 Å². The minimum atomic E-state index is 0.966. The zero-order chi connectivity index (χ0) is 14.4. The summed E-state index contributed by atoms with van der Waals surface area (Å²) in [4.78, 5) is 0. The van der Waals surface area contributed by atoms with Crippen molar-refractivity contribution in [2.45, 2.75) is 46.5 Å². The highest BCUT2D eigenvalue weighted by molar-refractivity contribution is 5.43. The van der Waals surface area contributed by atoms with Gasteiger partial charge in [0, 0.05) is 0 Å². The Hall–Kier alpha value is -1.76. The van der Waals surface area contributed by atoms with Crippen molar-refractivity contribution in [3.8, 4) is 11.5 Å². The molecule has 2 aromatic rings. The van der Waals surface area contributed by atoms with Crippen molar-refractivity contribution in [3.05, 3.63) is 59.2 Å². The van der Waals surface area contributed by atoms with Gasteiger partial charge in [-0.25, -0.2) is 0 Å². The minimum absolute atomic E-state index is 0.966. The number of hydrogen-bond donors (Lipinski definition) is 0. The fourth-order valence-corrected chi connectivity index (χ4v) is 2.33. The third kappa shape index (κ3) is 3.63. The van der Waals surface area contributed by atoms with Crippen molar-refractivity contribution >= 4 is 0 Å². The second kappa shape index (κ2) is 7.14. The van der Waals surface area contributed by atoms with Crippen LogP contribution in [0.1, 0.15) is 42.9 Å². The third-order valence-corrected chi connectivity index (χ3v) is 3.80. The van der Waals surface area contributed by atoms with Gasteiger partial charge in [-0.05, 0) is 55.5 Å². The van der Waals surface area contributed by atoms with Gasteiger partial charge in [-0.3, -0.25) is 0 Å². The summed E-state index contributed by atoms with van der Waals surface area (Å²) in [6, 6.07) is 14.6. The van der Waals surface area contributed by atoms with Gasteiger partial charge in [0.2, 0.25) is 0 Å². The molecule has 0 fully saturated rings. The lowest BCUT2D eigenvalue weighted by Crippen LogP contribution is -1.94. The number of benzene rings is 2. The van der Waals surface area contributed by atoms with E-state index in [1.165, 1.54) is 36.0 Å². The molecule has 20 heavy (non-hydrogen) atoms. The first-order chi connectivity index (χ1) is 9.72. The van der Waals surface area contributed by atoms with Gasteiger partial charge in [0.05, 0.1) is 0 Å². The van der Waals surface area contributed by atoms with E-state index >= 15 is 0 Å². The van der Waals surface area contributed by atoms with Crippen LogP contribution in [0.4, 0.5) is 0 Å². The fourth-order valence-electron chi connectivity index (χ4n) is 2.33. The van der Waals surface area contributed by atoms with Crippen molar-refractivity contribution in [1.29, 1.82) is 0 Å². The van der Waals surface area contributed by atoms with Crippen LogP contribution in [0.25, 0.3) is 0 Å². The Kier molecular flexibility index (Phi) is 5.23. The van der Waals surface area contributed by atoms with Gasteiger partial charge in [-0.15, -0.1) is 0 Å². The third-order valence-electron chi connectivity index (χ3n) is 3.80. The molecule has 0 aliphatic rings. The number of rotatable bonds is 6. The van der Waals surface area contributed by atoms with Crippen molar-refractivity contribution in [2.75, 3.05) is 0 Å². The molecule has 0 atom stereocenters. The molecule has 1 nitrogen and oxygen atoms in total. The lowest BCUT2D eigenvalue weighted by atomic mass is 10.1. The van der Waals surface area contributed by atoms with Gasteiger partial charge >= 0.3 is 0 Å². The molecule has 0 radical (unpaired) electrons. The summed E-state index contributed by atoms with van der Waals surface area (Å²) in [5.41, 5.74) is 3.80. The van der Waals surface area contributed by atoms with Gasteiger partial charge < -0.3 is 4.74 Å². The summed E-state index contributed by atoms with van der Waals surface area (Å²) in [7, 11) is 0. The molecule has 0 aliphatic heterocycles. The molecule has 0 aliphatic carbocycles. The van der Waals surface area contributed by atoms with Crippen LogP contribution in [0.15, 0.2) is 42.5 Å². The summed E-state index contributed by atoms with van der Waals surface area (Å²) in [5.74, 6) is 1.96. The normalized spacial score (nSPS) is 10.6. The maximum absolute atomic E-state index is 6.15. The average Bonchev–Trinajstić information content (AvgIpc) is 2.46. The van der Waals surface area contributed by atoms with Crippen LogP contribution in [0.3, 0.4) is 0 Å². The Morgan fingerprint density at radius 3 is 2.40 bits per heavy atom. The topological polar surface area (TPSA) is 9.23 Å². The Morgan fingerprint density at radius 2 is 1.60 bits per heavy atom. The van der Waals surface area contributed by atoms with Crippen LogP contribution in [-0.2, 0) is 6.42 Å². The number of para-hydroxylation sites is 1. The number of ether oxygens (including phenoxy) is 1. The highest BCUT2D eigenvalue weighted by Gasteiger charge is 2.07. The maximum atomic E-state index is 6.15. The van der Waals surface area contributed by atoms with Gasteiger partial charge in [0.1, 0.15) is 11.5 Å². The number of aryl methyl sites for hydroxylation is 2. The molecule has 1 heteroatoms. The van der Waals surface area contributed by atoms with Crippen molar-refractivity contribution < 1.29 is 4.74 Å². The lowest BCUT2D eigenvalue weighted by Gasteiger charge is -2.14. The van der Waals surface area contributed by atoms with Crippen molar-refractivity contribution in [3.63, 3.8) is 0 Å². The van der Waals surface area contributed by atoms with Gasteiger partial charge in [-0.1, -0.05) is 50.1 Å². The van der Waals surface area contributed by atoms with Crippen molar-refractivity contribution in [2.24, 2.45) is 0 Å². The maximum Gasteiger partial charge on any atom is 0.130 e. The largest absolute Gasteiger partial charge is 0.457 e. The highest BCUT2D eigenvalue weighted by atomic mass is 16.5. The lowest BCUT2D eigenvalue weighted by molar-refractivity contribution is 0.470. The SMILES string of the molecule is CCCCCc1ccccc1Oc1cccc(C)c1C. The second-order valence-electron chi connectivity index (χ2n) is 5.36. The molecule has 0 spiro atoms. The van der Waals surface area contributed by atoms with E-state index < -0.39 is 0 Å². The molecule has 0 saturated carbocycles. The Morgan fingerprint density at radius 1 is 0.850 bits per heavy atom. The summed E-state index contributed by atoms with van der Waals surface area (Å²) in [6.45, 7) is 6.47. The van der Waals surface area contributed by atoms with Crippen LogP contribution < -0.4 is 4.74 Å². The minimum Gasteiger partial charge on any atom is -0.457 e. The summed E-state index contributed by atoms with van der Waals surface area (Å²) >= 11 is 0. The molecule has 0 amide bonds. The molecule has 0 heterocycles. The second-order valence-corrected chi connectivity index (χ2v) is 5.36. The standard InChI is InChI=1S/C19H24O/c1-4-5-6-11-17-12-7-8-13-19(17)20-18-14-9-10-15(2)16(18)3/h7-10,12-14H,4-6,11H2,1-3H3. The fraction of sp³-hybridized carbons (Fsp3) is 0.368. The molecule has 0 N–H and O–H groups in total. The average molecular weight is 268 g/mol. The zero-order valence-electron chi connectivity index (χ0n) is 12.8. The highest BCUT2D eigenvalue weighted by Crippen LogP contribution is 2.30. The van der Waals surface area contributed by atoms with E-state index in [1.807, 2.05) is 12.1 Å². The van der Waals surface area contributed by atoms with E-state index in [1.54, 1.807) is 0 Å². The molecule has 106 valence electrons. The molecular formula is C19H24O. The Bertz CT molecular complexity index is 557. The smallest absolute Gasteiger partial charge is 0.130 e. The van der Waals surface area contributed by atoms with E-state index in [2.05, 4.69) is 51.1 Å². The van der Waals surface area contributed by atoms with Gasteiger partial charge in [-0.2, -0.15) is 0 Å². The molecular weight excluding hydrogens is 244 g/mol. The number of hydrogen-bond acceptors (Lipinski definition) is 1. The predicted octanol–water partition coefficient (Wildman–Crippen LogP) is 5.83. The quantitative estimate of drug-likeness (QED) is 0.599. The molecule has 0 saturated heterocycles. The van der Waals surface area contributed by atoms with E-state index in [0.717, 1.165) is 17.9 Å². The first-order valence-corrected chi connectivity index (χ1v) is 7.54.